The van der Waals surface area contributed by atoms with Gasteiger partial charge in [-0.2, -0.15) is 5.10 Å². The van der Waals surface area contributed by atoms with E-state index in [4.69, 9.17) is 11.6 Å². The topological polar surface area (TPSA) is 99.1 Å². The average molecular weight is 446 g/mol. The highest BCUT2D eigenvalue weighted by Crippen LogP contribution is 2.26. The number of nitrogens with zero attached hydrogens (tertiary/aromatic N) is 2. The molecule has 156 valence electrons. The number of phenolic OH excluding ortho intramolecular Hbond substituents is 1. The first-order valence-electron chi connectivity index (χ1n) is 8.93. The number of sulfonamides is 1. The molecule has 0 aromatic heterocycles. The monoisotopic (exact) mass is 445 g/mol. The second kappa shape index (κ2) is 8.73. The van der Waals surface area contributed by atoms with E-state index in [2.05, 4.69) is 10.5 Å². The van der Waals surface area contributed by atoms with Gasteiger partial charge in [-0.05, 0) is 41.5 Å². The maximum atomic E-state index is 12.3. The summed E-state index contributed by atoms with van der Waals surface area (Å²) in [5, 5.41) is 16.1. The molecule has 1 amide bonds. The average Bonchev–Trinajstić information content (AvgIpc) is 2.69. The number of aryl methyl sites for hydroxylation is 1. The van der Waals surface area contributed by atoms with Gasteiger partial charge in [-0.15, -0.1) is 0 Å². The number of halogens is 1. The molecule has 0 aliphatic carbocycles. The molecule has 30 heavy (non-hydrogen) atoms. The van der Waals surface area contributed by atoms with E-state index in [9.17, 15) is 18.3 Å². The fourth-order valence-corrected chi connectivity index (χ4v) is 3.91. The molecule has 0 atom stereocenters. The largest absolute Gasteiger partial charge is 0.507 e. The summed E-state index contributed by atoms with van der Waals surface area (Å²) in [6.45, 7) is 1.32. The number of aromatic hydroxyl groups is 1. The van der Waals surface area contributed by atoms with Crippen LogP contribution in [0.15, 0.2) is 59.7 Å². The van der Waals surface area contributed by atoms with Gasteiger partial charge in [0, 0.05) is 10.6 Å². The van der Waals surface area contributed by atoms with Crippen molar-refractivity contribution in [2.45, 2.75) is 6.92 Å². The van der Waals surface area contributed by atoms with Gasteiger partial charge in [0.25, 0.3) is 5.91 Å². The molecular weight excluding hydrogens is 426 g/mol. The molecule has 3 rings (SSSR count). The molecule has 0 fully saturated rings. The van der Waals surface area contributed by atoms with Crippen molar-refractivity contribution in [2.24, 2.45) is 5.10 Å². The van der Waals surface area contributed by atoms with Gasteiger partial charge >= 0.3 is 0 Å². The summed E-state index contributed by atoms with van der Waals surface area (Å²) in [5.74, 6) is -0.633. The van der Waals surface area contributed by atoms with Crippen LogP contribution in [0.2, 0.25) is 5.02 Å². The Morgan fingerprint density at radius 1 is 1.20 bits per heavy atom. The van der Waals surface area contributed by atoms with E-state index in [1.54, 1.807) is 25.1 Å². The Kier molecular flexibility index (Phi) is 6.28. The quantitative estimate of drug-likeness (QED) is 0.448. The summed E-state index contributed by atoms with van der Waals surface area (Å²) in [7, 11) is -3.73. The number of phenols is 1. The molecule has 0 radical (unpaired) electrons. The first kappa shape index (κ1) is 21.6. The number of amides is 1. The lowest BCUT2D eigenvalue weighted by atomic mass is 10.0. The van der Waals surface area contributed by atoms with Crippen LogP contribution in [0.4, 0.5) is 5.69 Å². The number of anilines is 1. The lowest BCUT2D eigenvalue weighted by Gasteiger charge is -2.21. The highest BCUT2D eigenvalue weighted by Gasteiger charge is 2.21. The number of rotatable bonds is 6. The molecular formula is C21H20ClN3O4S. The molecule has 0 aliphatic heterocycles. The van der Waals surface area contributed by atoms with Crippen LogP contribution < -0.4 is 9.73 Å². The summed E-state index contributed by atoms with van der Waals surface area (Å²) in [6, 6.07) is 15.5. The van der Waals surface area contributed by atoms with Gasteiger partial charge in [-0.1, -0.05) is 48.0 Å². The fourth-order valence-electron chi connectivity index (χ4n) is 2.89. The molecule has 0 saturated heterocycles. The molecule has 0 saturated carbocycles. The number of hydrogen-bond donors (Lipinski definition) is 2. The van der Waals surface area contributed by atoms with Gasteiger partial charge in [0.05, 0.1) is 18.2 Å². The molecule has 9 heteroatoms. The second-order valence-electron chi connectivity index (χ2n) is 6.72. The molecule has 0 bridgehead atoms. The van der Waals surface area contributed by atoms with Crippen molar-refractivity contribution in [2.75, 3.05) is 17.1 Å². The highest BCUT2D eigenvalue weighted by molar-refractivity contribution is 7.92. The summed E-state index contributed by atoms with van der Waals surface area (Å²) < 4.78 is 25.3. The maximum Gasteiger partial charge on any atom is 0.260 e. The predicted molar refractivity (Wildman–Crippen MR) is 120 cm³/mol. The van der Waals surface area contributed by atoms with E-state index in [0.717, 1.165) is 26.9 Å². The molecule has 0 aliphatic rings. The molecule has 3 aromatic rings. The molecule has 3 aromatic carbocycles. The maximum absolute atomic E-state index is 12.3. The van der Waals surface area contributed by atoms with E-state index >= 15 is 0 Å². The molecule has 0 spiro atoms. The molecule has 0 heterocycles. The fraction of sp³-hybridized carbons (Fsp3) is 0.143. The second-order valence-corrected chi connectivity index (χ2v) is 9.03. The Balaban J connectivity index is 1.78. The minimum atomic E-state index is -3.73. The molecule has 0 unspecified atom stereocenters. The normalized spacial score (nSPS) is 11.7. The van der Waals surface area contributed by atoms with Crippen LogP contribution in [0, 0.1) is 6.92 Å². The predicted octanol–water partition coefficient (Wildman–Crippen LogP) is 3.42. The third kappa shape index (κ3) is 4.90. The van der Waals surface area contributed by atoms with Gasteiger partial charge in [0.15, 0.2) is 0 Å². The van der Waals surface area contributed by atoms with Gasteiger partial charge < -0.3 is 5.11 Å². The number of hydrogen-bond acceptors (Lipinski definition) is 5. The SMILES string of the molecule is Cc1ccc(N(CC(=O)N/N=C\c2c(O)ccc3ccccc23)S(C)(=O)=O)cc1Cl. The zero-order chi connectivity index (χ0) is 21.9. The minimum Gasteiger partial charge on any atom is -0.507 e. The van der Waals surface area contributed by atoms with Crippen LogP contribution in [0.3, 0.4) is 0 Å². The Morgan fingerprint density at radius 3 is 2.63 bits per heavy atom. The standard InChI is InChI=1S/C21H20ClN3O4S/c1-14-7-9-16(11-19(14)22)25(30(2,28)29)13-21(27)24-23-12-18-17-6-4-3-5-15(17)8-10-20(18)26/h3-12,26H,13H2,1-2H3,(H,24,27)/b23-12-. The van der Waals surface area contributed by atoms with Crippen molar-refractivity contribution in [1.29, 1.82) is 0 Å². The summed E-state index contributed by atoms with van der Waals surface area (Å²) in [6.07, 6.45) is 2.33. The van der Waals surface area contributed by atoms with Crippen molar-refractivity contribution in [1.82, 2.24) is 5.43 Å². The first-order valence-corrected chi connectivity index (χ1v) is 11.2. The van der Waals surface area contributed by atoms with Crippen LogP contribution in [0.25, 0.3) is 10.8 Å². The van der Waals surface area contributed by atoms with E-state index in [1.807, 2.05) is 24.3 Å². The number of carbonyl (C=O) groups is 1. The third-order valence-corrected chi connectivity index (χ3v) is 6.01. The molecule has 7 nitrogen and oxygen atoms in total. The van der Waals surface area contributed by atoms with E-state index in [1.165, 1.54) is 18.3 Å². The van der Waals surface area contributed by atoms with Crippen LogP contribution in [0.1, 0.15) is 11.1 Å². The summed E-state index contributed by atoms with van der Waals surface area (Å²) in [5.41, 5.74) is 3.81. The minimum absolute atomic E-state index is 0.0127. The van der Waals surface area contributed by atoms with Crippen molar-refractivity contribution in [3.63, 3.8) is 0 Å². The Morgan fingerprint density at radius 2 is 1.93 bits per heavy atom. The Labute approximate surface area is 179 Å². The van der Waals surface area contributed by atoms with E-state index < -0.39 is 22.5 Å². The third-order valence-electron chi connectivity index (χ3n) is 4.46. The van der Waals surface area contributed by atoms with Crippen molar-refractivity contribution in [3.8, 4) is 5.75 Å². The number of carbonyl (C=O) groups excluding carboxylic acids is 1. The zero-order valence-electron chi connectivity index (χ0n) is 16.3. The first-order chi connectivity index (χ1) is 14.2. The van der Waals surface area contributed by atoms with Crippen molar-refractivity contribution >= 4 is 50.2 Å². The van der Waals surface area contributed by atoms with Gasteiger partial charge in [0.1, 0.15) is 12.3 Å². The number of benzene rings is 3. The van der Waals surface area contributed by atoms with Crippen molar-refractivity contribution < 1.29 is 18.3 Å². The van der Waals surface area contributed by atoms with Gasteiger partial charge in [-0.25, -0.2) is 13.8 Å². The smallest absolute Gasteiger partial charge is 0.260 e. The van der Waals surface area contributed by atoms with Crippen LogP contribution in [-0.2, 0) is 14.8 Å². The lowest BCUT2D eigenvalue weighted by molar-refractivity contribution is -0.119. The lowest BCUT2D eigenvalue weighted by Crippen LogP contribution is -2.39. The Hall–Kier alpha value is -3.10. The highest BCUT2D eigenvalue weighted by atomic mass is 35.5. The van der Waals surface area contributed by atoms with Crippen LogP contribution in [0.5, 0.6) is 5.75 Å². The number of nitrogens with one attached hydrogen (secondary N) is 1. The number of hydrazone groups is 1. The van der Waals surface area contributed by atoms with Crippen LogP contribution >= 0.6 is 11.6 Å². The van der Waals surface area contributed by atoms with Crippen molar-refractivity contribution in [3.05, 3.63) is 70.7 Å². The van der Waals surface area contributed by atoms with E-state index in [-0.39, 0.29) is 11.4 Å². The van der Waals surface area contributed by atoms with Gasteiger partial charge in [0.2, 0.25) is 10.0 Å². The summed E-state index contributed by atoms with van der Waals surface area (Å²) in [4.78, 5) is 12.3. The summed E-state index contributed by atoms with van der Waals surface area (Å²) >= 11 is 6.09. The molecule has 2 N–H and O–H groups in total. The Bertz CT molecular complexity index is 1240. The van der Waals surface area contributed by atoms with Crippen LogP contribution in [-0.4, -0.2) is 38.4 Å². The van der Waals surface area contributed by atoms with E-state index in [0.29, 0.717) is 10.6 Å². The van der Waals surface area contributed by atoms with Gasteiger partial charge in [-0.3, -0.25) is 9.10 Å². The zero-order valence-corrected chi connectivity index (χ0v) is 17.9. The number of fused-ring (bicyclic) bond motifs is 1.